The van der Waals surface area contributed by atoms with Gasteiger partial charge < -0.3 is 5.11 Å². The molecule has 20 heavy (non-hydrogen) atoms. The number of halogens is 4. The molecule has 0 spiro atoms. The number of benzene rings is 2. The molecule has 2 rings (SSSR count). The van der Waals surface area contributed by atoms with Gasteiger partial charge in [0.25, 0.3) is 0 Å². The lowest BCUT2D eigenvalue weighted by Gasteiger charge is -1.95. The number of aromatic carboxylic acids is 1. The Hall–Kier alpha value is -1.27. The highest BCUT2D eigenvalue weighted by atomic mass is 79.9. The highest BCUT2D eigenvalue weighted by Gasteiger charge is 2.05. The van der Waals surface area contributed by atoms with Crippen LogP contribution < -0.4 is 0 Å². The Morgan fingerprint density at radius 1 is 1.00 bits per heavy atom. The second-order valence-corrected chi connectivity index (χ2v) is 5.56. The first-order chi connectivity index (χ1) is 9.31. The fraction of sp³-hybridized carbons (Fsp3) is 0.0714. The second kappa shape index (κ2) is 7.50. The largest absolute Gasteiger partial charge is 0.478 e. The Bertz CT molecular complexity index is 631. The van der Waals surface area contributed by atoms with E-state index < -0.39 is 11.8 Å². The standard InChI is InChI=1S/C7H4BrFO2.C7H6BrF/c8-5-2-1-4(7(10)11)3-6(5)9;1-5-2-3-6(8)7(9)4-5/h1-3H,(H,10,11);2-4H,1H3. The average Bonchev–Trinajstić information content (AvgIpc) is 2.38. The van der Waals surface area contributed by atoms with Crippen molar-refractivity contribution in [1.82, 2.24) is 0 Å². The summed E-state index contributed by atoms with van der Waals surface area (Å²) < 4.78 is 25.9. The smallest absolute Gasteiger partial charge is 0.335 e. The van der Waals surface area contributed by atoms with E-state index >= 15 is 0 Å². The minimum Gasteiger partial charge on any atom is -0.478 e. The van der Waals surface area contributed by atoms with Crippen molar-refractivity contribution >= 4 is 37.8 Å². The van der Waals surface area contributed by atoms with Crippen molar-refractivity contribution in [2.75, 3.05) is 0 Å². The van der Waals surface area contributed by atoms with Crippen LogP contribution in [0.15, 0.2) is 45.3 Å². The normalized spacial score (nSPS) is 9.65. The third-order valence-corrected chi connectivity index (χ3v) is 3.53. The zero-order chi connectivity index (χ0) is 15.3. The minimum atomic E-state index is -1.13. The molecule has 0 unspecified atom stereocenters. The van der Waals surface area contributed by atoms with Crippen molar-refractivity contribution in [3.63, 3.8) is 0 Å². The first-order valence-corrected chi connectivity index (χ1v) is 7.00. The van der Waals surface area contributed by atoms with Crippen molar-refractivity contribution in [2.45, 2.75) is 6.92 Å². The van der Waals surface area contributed by atoms with Crippen LogP contribution in [0, 0.1) is 18.6 Å². The summed E-state index contributed by atoms with van der Waals surface area (Å²) in [4.78, 5) is 10.3. The summed E-state index contributed by atoms with van der Waals surface area (Å²) in [5.41, 5.74) is 0.890. The van der Waals surface area contributed by atoms with Gasteiger partial charge in [-0.2, -0.15) is 0 Å². The summed E-state index contributed by atoms with van der Waals surface area (Å²) in [7, 11) is 0. The molecule has 1 N–H and O–H groups in total. The van der Waals surface area contributed by atoms with E-state index in [-0.39, 0.29) is 15.9 Å². The number of hydrogen-bond acceptors (Lipinski definition) is 1. The van der Waals surface area contributed by atoms with E-state index in [0.717, 1.165) is 11.6 Å². The molecule has 2 aromatic rings. The number of rotatable bonds is 1. The van der Waals surface area contributed by atoms with Crippen LogP contribution >= 0.6 is 31.9 Å². The van der Waals surface area contributed by atoms with Crippen molar-refractivity contribution in [3.05, 3.63) is 68.1 Å². The molecular weight excluding hydrogens is 398 g/mol. The molecule has 0 saturated carbocycles. The number of aryl methyl sites for hydroxylation is 1. The van der Waals surface area contributed by atoms with Crippen LogP contribution in [-0.2, 0) is 0 Å². The van der Waals surface area contributed by atoms with Crippen molar-refractivity contribution in [3.8, 4) is 0 Å². The maximum atomic E-state index is 12.6. The summed E-state index contributed by atoms with van der Waals surface area (Å²) in [6.07, 6.45) is 0. The highest BCUT2D eigenvalue weighted by Crippen LogP contribution is 2.16. The average molecular weight is 408 g/mol. The van der Waals surface area contributed by atoms with Gasteiger partial charge in [-0.05, 0) is 74.7 Å². The lowest BCUT2D eigenvalue weighted by atomic mass is 10.2. The van der Waals surface area contributed by atoms with Crippen LogP contribution in [0.2, 0.25) is 0 Å². The van der Waals surface area contributed by atoms with E-state index in [1.165, 1.54) is 18.2 Å². The summed E-state index contributed by atoms with van der Waals surface area (Å²) in [6, 6.07) is 8.70. The van der Waals surface area contributed by atoms with E-state index in [9.17, 15) is 13.6 Å². The Labute approximate surface area is 131 Å². The van der Waals surface area contributed by atoms with Crippen LogP contribution in [-0.4, -0.2) is 11.1 Å². The maximum absolute atomic E-state index is 12.6. The third-order valence-electron chi connectivity index (χ3n) is 2.24. The van der Waals surface area contributed by atoms with Gasteiger partial charge in [0.2, 0.25) is 0 Å². The van der Waals surface area contributed by atoms with Gasteiger partial charge >= 0.3 is 5.97 Å². The molecule has 0 saturated heterocycles. The first kappa shape index (κ1) is 16.8. The summed E-state index contributed by atoms with van der Waals surface area (Å²) in [5, 5.41) is 8.42. The second-order valence-electron chi connectivity index (χ2n) is 3.85. The zero-order valence-corrected chi connectivity index (χ0v) is 13.5. The summed E-state index contributed by atoms with van der Waals surface area (Å²) >= 11 is 5.96. The van der Waals surface area contributed by atoms with Gasteiger partial charge in [0, 0.05) is 0 Å². The Balaban J connectivity index is 0.000000204. The highest BCUT2D eigenvalue weighted by molar-refractivity contribution is 9.10. The molecule has 6 heteroatoms. The van der Waals surface area contributed by atoms with Crippen LogP contribution in [0.3, 0.4) is 0 Å². The third kappa shape index (κ3) is 5.02. The van der Waals surface area contributed by atoms with Gasteiger partial charge in [0.05, 0.1) is 14.5 Å². The Morgan fingerprint density at radius 3 is 1.90 bits per heavy atom. The monoisotopic (exact) mass is 406 g/mol. The molecule has 2 aromatic carbocycles. The maximum Gasteiger partial charge on any atom is 0.335 e. The van der Waals surface area contributed by atoms with Gasteiger partial charge in [-0.15, -0.1) is 0 Å². The number of hydrogen-bond donors (Lipinski definition) is 1. The van der Waals surface area contributed by atoms with Crippen LogP contribution in [0.25, 0.3) is 0 Å². The first-order valence-electron chi connectivity index (χ1n) is 5.41. The van der Waals surface area contributed by atoms with Crippen molar-refractivity contribution in [2.24, 2.45) is 0 Å². The molecule has 0 aliphatic carbocycles. The quantitative estimate of drug-likeness (QED) is 0.706. The van der Waals surface area contributed by atoms with Gasteiger partial charge in [-0.1, -0.05) is 6.07 Å². The van der Waals surface area contributed by atoms with Gasteiger partial charge in [0.1, 0.15) is 11.6 Å². The molecule has 0 fully saturated rings. The molecular formula is C14H10Br2F2O2. The van der Waals surface area contributed by atoms with Crippen molar-refractivity contribution in [1.29, 1.82) is 0 Å². The lowest BCUT2D eigenvalue weighted by molar-refractivity contribution is 0.0696. The zero-order valence-electron chi connectivity index (χ0n) is 10.3. The molecule has 0 aliphatic rings. The van der Waals surface area contributed by atoms with Gasteiger partial charge in [-0.25, -0.2) is 13.6 Å². The van der Waals surface area contributed by atoms with E-state index in [4.69, 9.17) is 5.11 Å². The number of carboxylic acid groups (broad SMARTS) is 1. The van der Waals surface area contributed by atoms with Crippen LogP contribution in [0.4, 0.5) is 8.78 Å². The molecule has 0 aliphatic heterocycles. The molecule has 0 bridgehead atoms. The predicted molar refractivity (Wildman–Crippen MR) is 79.9 cm³/mol. The van der Waals surface area contributed by atoms with E-state index in [2.05, 4.69) is 31.9 Å². The predicted octanol–water partition coefficient (Wildman–Crippen LogP) is 5.18. The van der Waals surface area contributed by atoms with Gasteiger partial charge in [0.15, 0.2) is 0 Å². The molecule has 0 radical (unpaired) electrons. The molecule has 0 heterocycles. The topological polar surface area (TPSA) is 37.3 Å². The Kier molecular flexibility index (Phi) is 6.29. The fourth-order valence-electron chi connectivity index (χ4n) is 1.23. The molecule has 0 amide bonds. The van der Waals surface area contributed by atoms with Crippen molar-refractivity contribution < 1.29 is 18.7 Å². The number of carbonyl (C=O) groups is 1. The van der Waals surface area contributed by atoms with E-state index in [0.29, 0.717) is 4.47 Å². The Morgan fingerprint density at radius 2 is 1.50 bits per heavy atom. The fourth-order valence-corrected chi connectivity index (χ4v) is 1.72. The molecule has 2 nitrogen and oxygen atoms in total. The van der Waals surface area contributed by atoms with Crippen LogP contribution in [0.1, 0.15) is 15.9 Å². The minimum absolute atomic E-state index is 0.0503. The van der Waals surface area contributed by atoms with Crippen LogP contribution in [0.5, 0.6) is 0 Å². The van der Waals surface area contributed by atoms with E-state index in [1.807, 2.05) is 13.0 Å². The van der Waals surface area contributed by atoms with Gasteiger partial charge in [-0.3, -0.25) is 0 Å². The number of carboxylic acids is 1. The molecule has 0 aromatic heterocycles. The summed E-state index contributed by atoms with van der Waals surface area (Å²) in [6.45, 7) is 1.86. The summed E-state index contributed by atoms with van der Waals surface area (Å²) in [5.74, 6) is -1.89. The lowest BCUT2D eigenvalue weighted by Crippen LogP contribution is -1.96. The SMILES string of the molecule is Cc1ccc(Br)c(F)c1.O=C(O)c1ccc(Br)c(F)c1. The molecule has 0 atom stereocenters. The molecule has 106 valence electrons. The van der Waals surface area contributed by atoms with E-state index in [1.54, 1.807) is 6.07 Å².